The van der Waals surface area contributed by atoms with Crippen LogP contribution in [0.2, 0.25) is 0 Å². The van der Waals surface area contributed by atoms with E-state index >= 15 is 0 Å². The molecule has 7 heteroatoms. The SMILES string of the molecule is CS(=O)(=O)N(CCC(=O)N1CCc2ccccc21)c1cccc(F)c1. The molecule has 0 saturated carbocycles. The number of fused-ring (bicyclic) bond motifs is 1. The molecule has 1 amide bonds. The van der Waals surface area contributed by atoms with Crippen molar-refractivity contribution < 1.29 is 17.6 Å². The minimum absolute atomic E-state index is 0.0257. The molecule has 5 nitrogen and oxygen atoms in total. The molecule has 2 aromatic rings. The van der Waals surface area contributed by atoms with Crippen LogP contribution >= 0.6 is 0 Å². The van der Waals surface area contributed by atoms with Crippen LogP contribution in [0.4, 0.5) is 15.8 Å². The number of halogens is 1. The third-order valence-electron chi connectivity index (χ3n) is 4.21. The molecule has 3 rings (SSSR count). The molecule has 2 aromatic carbocycles. The van der Waals surface area contributed by atoms with Gasteiger partial charge in [0.05, 0.1) is 11.9 Å². The normalized spacial score (nSPS) is 13.6. The summed E-state index contributed by atoms with van der Waals surface area (Å²) in [5, 5.41) is 0. The van der Waals surface area contributed by atoms with Gasteiger partial charge in [-0.1, -0.05) is 24.3 Å². The van der Waals surface area contributed by atoms with E-state index in [9.17, 15) is 17.6 Å². The molecule has 0 radical (unpaired) electrons. The molecule has 0 spiro atoms. The number of amides is 1. The Labute approximate surface area is 146 Å². The Hall–Kier alpha value is -2.41. The maximum atomic E-state index is 13.4. The number of rotatable bonds is 5. The van der Waals surface area contributed by atoms with E-state index in [4.69, 9.17) is 0 Å². The topological polar surface area (TPSA) is 57.7 Å². The second kappa shape index (κ2) is 6.84. The summed E-state index contributed by atoms with van der Waals surface area (Å²) in [6.07, 6.45) is 1.87. The lowest BCUT2D eigenvalue weighted by atomic mass is 10.2. The van der Waals surface area contributed by atoms with Gasteiger partial charge in [0.25, 0.3) is 0 Å². The predicted molar refractivity (Wildman–Crippen MR) is 95.7 cm³/mol. The van der Waals surface area contributed by atoms with E-state index < -0.39 is 15.8 Å². The van der Waals surface area contributed by atoms with Crippen LogP contribution in [0, 0.1) is 5.82 Å². The van der Waals surface area contributed by atoms with E-state index in [1.165, 1.54) is 18.2 Å². The molecule has 0 fully saturated rings. The number of anilines is 2. The minimum Gasteiger partial charge on any atom is -0.312 e. The number of hydrogen-bond donors (Lipinski definition) is 0. The quantitative estimate of drug-likeness (QED) is 0.821. The summed E-state index contributed by atoms with van der Waals surface area (Å²) in [6.45, 7) is 0.566. The van der Waals surface area contributed by atoms with Crippen molar-refractivity contribution in [1.29, 1.82) is 0 Å². The van der Waals surface area contributed by atoms with Crippen molar-refractivity contribution in [1.82, 2.24) is 0 Å². The second-order valence-corrected chi connectivity index (χ2v) is 7.90. The fourth-order valence-electron chi connectivity index (χ4n) is 3.05. The monoisotopic (exact) mass is 362 g/mol. The zero-order valence-electron chi connectivity index (χ0n) is 13.9. The molecule has 0 saturated heterocycles. The van der Waals surface area contributed by atoms with E-state index in [1.807, 2.05) is 24.3 Å². The van der Waals surface area contributed by atoms with E-state index in [1.54, 1.807) is 4.90 Å². The maximum Gasteiger partial charge on any atom is 0.232 e. The number of carbonyl (C=O) groups excluding carboxylic acids is 1. The molecule has 1 heterocycles. The van der Waals surface area contributed by atoms with Crippen LogP contribution in [0.1, 0.15) is 12.0 Å². The lowest BCUT2D eigenvalue weighted by Gasteiger charge is -2.24. The highest BCUT2D eigenvalue weighted by atomic mass is 32.2. The van der Waals surface area contributed by atoms with Gasteiger partial charge in [-0.15, -0.1) is 0 Å². The lowest BCUT2D eigenvalue weighted by Crippen LogP contribution is -2.36. The lowest BCUT2D eigenvalue weighted by molar-refractivity contribution is -0.118. The predicted octanol–water partition coefficient (Wildman–Crippen LogP) is 2.57. The van der Waals surface area contributed by atoms with Gasteiger partial charge in [0.2, 0.25) is 15.9 Å². The van der Waals surface area contributed by atoms with Gasteiger partial charge in [0, 0.05) is 25.2 Å². The van der Waals surface area contributed by atoms with Crippen molar-refractivity contribution in [3.8, 4) is 0 Å². The van der Waals surface area contributed by atoms with Crippen molar-refractivity contribution in [3.63, 3.8) is 0 Å². The molecule has 0 atom stereocenters. The summed E-state index contributed by atoms with van der Waals surface area (Å²) in [5.41, 5.74) is 2.21. The van der Waals surface area contributed by atoms with Crippen LogP contribution in [0.15, 0.2) is 48.5 Å². The Balaban J connectivity index is 1.75. The molecule has 0 N–H and O–H groups in total. The Morgan fingerprint density at radius 3 is 2.68 bits per heavy atom. The number of benzene rings is 2. The van der Waals surface area contributed by atoms with Gasteiger partial charge < -0.3 is 4.90 Å². The largest absolute Gasteiger partial charge is 0.312 e. The van der Waals surface area contributed by atoms with Gasteiger partial charge in [-0.05, 0) is 36.2 Å². The van der Waals surface area contributed by atoms with Crippen molar-refractivity contribution >= 4 is 27.3 Å². The zero-order chi connectivity index (χ0) is 18.0. The molecular weight excluding hydrogens is 343 g/mol. The average Bonchev–Trinajstić information content (AvgIpc) is 2.98. The minimum atomic E-state index is -3.62. The molecule has 1 aliphatic rings. The van der Waals surface area contributed by atoms with Crippen LogP contribution in [0.5, 0.6) is 0 Å². The van der Waals surface area contributed by atoms with Gasteiger partial charge in [-0.2, -0.15) is 0 Å². The number of para-hydroxylation sites is 1. The highest BCUT2D eigenvalue weighted by molar-refractivity contribution is 7.92. The molecule has 25 heavy (non-hydrogen) atoms. The standard InChI is InChI=1S/C18H19FN2O3S/c1-25(23,24)21(16-7-4-6-15(19)13-16)12-10-18(22)20-11-9-14-5-2-3-8-17(14)20/h2-8,13H,9-12H2,1H3. The maximum absolute atomic E-state index is 13.4. The first-order valence-electron chi connectivity index (χ1n) is 7.98. The second-order valence-electron chi connectivity index (χ2n) is 5.99. The Bertz CT molecular complexity index is 899. The van der Waals surface area contributed by atoms with Crippen LogP contribution in [-0.2, 0) is 21.2 Å². The van der Waals surface area contributed by atoms with Crippen molar-refractivity contribution in [3.05, 3.63) is 59.9 Å². The van der Waals surface area contributed by atoms with Crippen LogP contribution in [-0.4, -0.2) is 33.7 Å². The van der Waals surface area contributed by atoms with Gasteiger partial charge in [-0.25, -0.2) is 12.8 Å². The first-order chi connectivity index (χ1) is 11.9. The van der Waals surface area contributed by atoms with E-state index in [-0.39, 0.29) is 24.6 Å². The first kappa shape index (κ1) is 17.4. The molecule has 132 valence electrons. The van der Waals surface area contributed by atoms with Gasteiger partial charge in [-0.3, -0.25) is 9.10 Å². The zero-order valence-corrected chi connectivity index (χ0v) is 14.7. The van der Waals surface area contributed by atoms with Crippen LogP contribution in [0.25, 0.3) is 0 Å². The van der Waals surface area contributed by atoms with Crippen molar-refractivity contribution in [2.45, 2.75) is 12.8 Å². The smallest absolute Gasteiger partial charge is 0.232 e. The van der Waals surface area contributed by atoms with Gasteiger partial charge in [0.15, 0.2) is 0 Å². The molecule has 0 aromatic heterocycles. The third-order valence-corrected chi connectivity index (χ3v) is 5.41. The van der Waals surface area contributed by atoms with Crippen molar-refractivity contribution in [2.24, 2.45) is 0 Å². The Morgan fingerprint density at radius 2 is 1.96 bits per heavy atom. The molecule has 1 aliphatic heterocycles. The molecular formula is C18H19FN2O3S. The highest BCUT2D eigenvalue weighted by Crippen LogP contribution is 2.28. The summed E-state index contributed by atoms with van der Waals surface area (Å²) >= 11 is 0. The number of sulfonamides is 1. The summed E-state index contributed by atoms with van der Waals surface area (Å²) in [5.74, 6) is -0.666. The molecule has 0 aliphatic carbocycles. The van der Waals surface area contributed by atoms with Gasteiger partial charge in [0.1, 0.15) is 5.82 Å². The first-order valence-corrected chi connectivity index (χ1v) is 9.82. The third kappa shape index (κ3) is 3.82. The van der Waals surface area contributed by atoms with E-state index in [0.29, 0.717) is 6.54 Å². The highest BCUT2D eigenvalue weighted by Gasteiger charge is 2.26. The number of carbonyl (C=O) groups is 1. The van der Waals surface area contributed by atoms with Gasteiger partial charge >= 0.3 is 0 Å². The summed E-state index contributed by atoms with van der Waals surface area (Å²) in [4.78, 5) is 14.2. The molecule has 0 unspecified atom stereocenters. The Kier molecular flexibility index (Phi) is 4.76. The fourth-order valence-corrected chi connectivity index (χ4v) is 3.97. The van der Waals surface area contributed by atoms with Crippen LogP contribution < -0.4 is 9.21 Å². The summed E-state index contributed by atoms with van der Waals surface area (Å²) in [6, 6.07) is 13.0. The summed E-state index contributed by atoms with van der Waals surface area (Å²) in [7, 11) is -3.62. The fraction of sp³-hybridized carbons (Fsp3) is 0.278. The number of nitrogens with zero attached hydrogens (tertiary/aromatic N) is 2. The number of hydrogen-bond acceptors (Lipinski definition) is 3. The Morgan fingerprint density at radius 1 is 1.20 bits per heavy atom. The molecule has 0 bridgehead atoms. The van der Waals surface area contributed by atoms with E-state index in [0.717, 1.165) is 34.3 Å². The van der Waals surface area contributed by atoms with Crippen molar-refractivity contribution in [2.75, 3.05) is 28.6 Å². The summed E-state index contributed by atoms with van der Waals surface area (Å²) < 4.78 is 38.6. The van der Waals surface area contributed by atoms with Crippen LogP contribution in [0.3, 0.4) is 0 Å². The van der Waals surface area contributed by atoms with E-state index in [2.05, 4.69) is 0 Å². The average molecular weight is 362 g/mol.